The van der Waals surface area contributed by atoms with E-state index in [-0.39, 0.29) is 5.82 Å². The predicted octanol–water partition coefficient (Wildman–Crippen LogP) is 4.90. The maximum absolute atomic E-state index is 13.4. The Morgan fingerprint density at radius 2 is 1.68 bits per heavy atom. The van der Waals surface area contributed by atoms with Gasteiger partial charge in [0.2, 0.25) is 0 Å². The molecule has 0 aliphatic heterocycles. The second kappa shape index (κ2) is 8.72. The Labute approximate surface area is 165 Å². The molecule has 0 fully saturated rings. The molecule has 0 heterocycles. The highest BCUT2D eigenvalue weighted by Crippen LogP contribution is 2.41. The zero-order valence-corrected chi connectivity index (χ0v) is 16.6. The Kier molecular flexibility index (Phi) is 6.12. The van der Waals surface area contributed by atoms with Gasteiger partial charge in [-0.3, -0.25) is 0 Å². The molecule has 0 amide bonds. The van der Waals surface area contributed by atoms with Crippen molar-refractivity contribution in [2.75, 3.05) is 21.3 Å². The summed E-state index contributed by atoms with van der Waals surface area (Å²) in [5.41, 5.74) is 6.18. The fraction of sp³-hybridized carbons (Fsp3) is 0.167. The van der Waals surface area contributed by atoms with Crippen molar-refractivity contribution in [3.63, 3.8) is 0 Å². The molecular weight excluding hydrogens is 353 g/mol. The number of para-hydroxylation sites is 1. The molecule has 0 radical (unpaired) electrons. The largest absolute Gasteiger partial charge is 0.493 e. The molecule has 4 heteroatoms. The normalized spacial score (nSPS) is 11.4. The first-order chi connectivity index (χ1) is 13.6. The van der Waals surface area contributed by atoms with Gasteiger partial charge >= 0.3 is 0 Å². The molecule has 0 atom stereocenters. The fourth-order valence-electron chi connectivity index (χ4n) is 3.26. The minimum absolute atomic E-state index is 0.269. The van der Waals surface area contributed by atoms with E-state index in [2.05, 4.69) is 36.5 Å². The Morgan fingerprint density at radius 3 is 2.32 bits per heavy atom. The number of rotatable bonds is 6. The van der Waals surface area contributed by atoms with E-state index in [1.54, 1.807) is 26.4 Å². The van der Waals surface area contributed by atoms with E-state index in [1.807, 2.05) is 25.2 Å². The molecular formula is C24H25FNO2+. The van der Waals surface area contributed by atoms with E-state index in [0.717, 1.165) is 27.8 Å². The average Bonchev–Trinajstić information content (AvgIpc) is 2.73. The molecule has 0 aliphatic rings. The number of methoxy groups -OCH3 is 2. The summed E-state index contributed by atoms with van der Waals surface area (Å²) in [4.78, 5) is 0. The zero-order valence-electron chi connectivity index (χ0n) is 16.6. The van der Waals surface area contributed by atoms with Crippen molar-refractivity contribution in [2.24, 2.45) is 0 Å². The summed E-state index contributed by atoms with van der Waals surface area (Å²) in [7, 11) is 5.27. The third-order valence-corrected chi connectivity index (χ3v) is 4.77. The lowest BCUT2D eigenvalue weighted by atomic mass is 9.96. The molecule has 0 saturated carbocycles. The van der Waals surface area contributed by atoms with Crippen LogP contribution in [0.3, 0.4) is 0 Å². The molecule has 3 aromatic rings. The lowest BCUT2D eigenvalue weighted by molar-refractivity contribution is -0.539. The Bertz CT molecular complexity index is 994. The van der Waals surface area contributed by atoms with Gasteiger partial charge in [-0.2, -0.15) is 0 Å². The van der Waals surface area contributed by atoms with Crippen LogP contribution in [-0.2, 0) is 0 Å². The van der Waals surface area contributed by atoms with E-state index in [9.17, 15) is 4.39 Å². The first kappa shape index (κ1) is 19.6. The Morgan fingerprint density at radius 1 is 0.964 bits per heavy atom. The molecule has 2 N–H and O–H groups in total. The van der Waals surface area contributed by atoms with Crippen LogP contribution >= 0.6 is 0 Å². The first-order valence-electron chi connectivity index (χ1n) is 9.16. The molecule has 0 bridgehead atoms. The SMILES string of the molecule is C[NH2+]c1ccccc1/C=C(\C)c1cc(OC)c(OC)c(-c2ccc(F)cc2)c1. The molecule has 0 saturated heterocycles. The number of halogens is 1. The quantitative estimate of drug-likeness (QED) is 0.489. The molecule has 0 spiro atoms. The van der Waals surface area contributed by atoms with Crippen LogP contribution in [0.15, 0.2) is 60.7 Å². The summed E-state index contributed by atoms with van der Waals surface area (Å²) in [6.07, 6.45) is 2.16. The van der Waals surface area contributed by atoms with Crippen LogP contribution in [0.2, 0.25) is 0 Å². The van der Waals surface area contributed by atoms with Crippen LogP contribution in [0.25, 0.3) is 22.8 Å². The highest BCUT2D eigenvalue weighted by Gasteiger charge is 2.15. The molecule has 3 rings (SSSR count). The molecule has 3 aromatic carbocycles. The third kappa shape index (κ3) is 4.07. The Balaban J connectivity index is 2.14. The number of quaternary nitrogens is 1. The fourth-order valence-corrected chi connectivity index (χ4v) is 3.26. The summed E-state index contributed by atoms with van der Waals surface area (Å²) in [5, 5.41) is 2.09. The topological polar surface area (TPSA) is 35.1 Å². The van der Waals surface area contributed by atoms with Crippen LogP contribution in [0.1, 0.15) is 18.1 Å². The van der Waals surface area contributed by atoms with Gasteiger partial charge in [0.1, 0.15) is 11.5 Å². The van der Waals surface area contributed by atoms with Crippen molar-refractivity contribution in [1.82, 2.24) is 0 Å². The van der Waals surface area contributed by atoms with E-state index in [1.165, 1.54) is 17.8 Å². The zero-order chi connectivity index (χ0) is 20.1. The number of hydrogen-bond acceptors (Lipinski definition) is 2. The first-order valence-corrected chi connectivity index (χ1v) is 9.16. The molecule has 0 aliphatic carbocycles. The minimum Gasteiger partial charge on any atom is -0.493 e. The van der Waals surface area contributed by atoms with Crippen LogP contribution in [0.4, 0.5) is 10.1 Å². The van der Waals surface area contributed by atoms with Crippen molar-refractivity contribution < 1.29 is 19.2 Å². The molecule has 0 aromatic heterocycles. The third-order valence-electron chi connectivity index (χ3n) is 4.77. The lowest BCUT2D eigenvalue weighted by Crippen LogP contribution is -2.73. The van der Waals surface area contributed by atoms with Gasteiger partial charge in [-0.15, -0.1) is 0 Å². The van der Waals surface area contributed by atoms with E-state index >= 15 is 0 Å². The number of allylic oxidation sites excluding steroid dienone is 1. The maximum Gasteiger partial charge on any atom is 0.168 e. The molecule has 0 unspecified atom stereocenters. The second-order valence-corrected chi connectivity index (χ2v) is 6.51. The summed E-state index contributed by atoms with van der Waals surface area (Å²) in [6.45, 7) is 2.07. The van der Waals surface area contributed by atoms with Gasteiger partial charge in [0, 0.05) is 11.1 Å². The van der Waals surface area contributed by atoms with Gasteiger partial charge in [-0.25, -0.2) is 4.39 Å². The number of hydrogen-bond donors (Lipinski definition) is 1. The minimum atomic E-state index is -0.269. The van der Waals surface area contributed by atoms with Gasteiger partial charge < -0.3 is 14.8 Å². The van der Waals surface area contributed by atoms with Crippen molar-refractivity contribution in [3.8, 4) is 22.6 Å². The van der Waals surface area contributed by atoms with Crippen molar-refractivity contribution >= 4 is 17.3 Å². The Hall–Kier alpha value is -3.11. The van der Waals surface area contributed by atoms with Crippen LogP contribution < -0.4 is 14.8 Å². The number of benzene rings is 3. The van der Waals surface area contributed by atoms with Gasteiger partial charge in [0.25, 0.3) is 0 Å². The summed E-state index contributed by atoms with van der Waals surface area (Å²) >= 11 is 0. The van der Waals surface area contributed by atoms with E-state index in [4.69, 9.17) is 9.47 Å². The monoisotopic (exact) mass is 378 g/mol. The molecule has 144 valence electrons. The maximum atomic E-state index is 13.4. The summed E-state index contributed by atoms with van der Waals surface area (Å²) in [5.74, 6) is 1.00. The van der Waals surface area contributed by atoms with Crippen LogP contribution in [0, 0.1) is 5.82 Å². The van der Waals surface area contributed by atoms with Gasteiger partial charge in [-0.05, 0) is 66.1 Å². The molecule has 3 nitrogen and oxygen atoms in total. The van der Waals surface area contributed by atoms with Crippen molar-refractivity contribution in [3.05, 3.63) is 77.6 Å². The lowest BCUT2D eigenvalue weighted by Gasteiger charge is -2.16. The van der Waals surface area contributed by atoms with Gasteiger partial charge in [0.15, 0.2) is 11.5 Å². The average molecular weight is 378 g/mol. The summed E-state index contributed by atoms with van der Waals surface area (Å²) in [6, 6.07) is 18.7. The van der Waals surface area contributed by atoms with Crippen LogP contribution in [-0.4, -0.2) is 21.3 Å². The van der Waals surface area contributed by atoms with Crippen molar-refractivity contribution in [1.29, 1.82) is 0 Å². The predicted molar refractivity (Wildman–Crippen MR) is 112 cm³/mol. The standard InChI is InChI=1S/C24H24FNO2/c1-16(13-18-7-5-6-8-22(18)26-2)19-14-21(17-9-11-20(25)12-10-17)24(28-4)23(15-19)27-3/h5-15,26H,1-4H3/p+1/b16-13+. The van der Waals surface area contributed by atoms with Gasteiger partial charge in [-0.1, -0.05) is 24.3 Å². The smallest absolute Gasteiger partial charge is 0.168 e. The summed E-state index contributed by atoms with van der Waals surface area (Å²) < 4.78 is 24.6. The number of nitrogens with two attached hydrogens (primary N) is 1. The van der Waals surface area contributed by atoms with Crippen LogP contribution in [0.5, 0.6) is 11.5 Å². The highest BCUT2D eigenvalue weighted by atomic mass is 19.1. The molecule has 28 heavy (non-hydrogen) atoms. The highest BCUT2D eigenvalue weighted by molar-refractivity contribution is 5.87. The number of ether oxygens (including phenoxy) is 2. The van der Waals surface area contributed by atoms with Crippen molar-refractivity contribution in [2.45, 2.75) is 6.92 Å². The van der Waals surface area contributed by atoms with E-state index in [0.29, 0.717) is 11.5 Å². The van der Waals surface area contributed by atoms with E-state index < -0.39 is 0 Å². The second-order valence-electron chi connectivity index (χ2n) is 6.51. The van der Waals surface area contributed by atoms with Gasteiger partial charge in [0.05, 0.1) is 21.3 Å².